The molecule has 0 aromatic carbocycles. The number of fused-ring (bicyclic) bond motifs is 1. The lowest BCUT2D eigenvalue weighted by Gasteiger charge is -2.29. The molecule has 92 valence electrons. The van der Waals surface area contributed by atoms with Crippen LogP contribution in [0.25, 0.3) is 0 Å². The van der Waals surface area contributed by atoms with Crippen molar-refractivity contribution in [1.29, 1.82) is 0 Å². The van der Waals surface area contributed by atoms with Crippen molar-refractivity contribution in [3.8, 4) is 0 Å². The summed E-state index contributed by atoms with van der Waals surface area (Å²) < 4.78 is 5.95. The van der Waals surface area contributed by atoms with Gasteiger partial charge in [-0.25, -0.2) is 0 Å². The Kier molecular flexibility index (Phi) is 3.36. The number of ether oxygens (including phenoxy) is 1. The van der Waals surface area contributed by atoms with E-state index in [0.29, 0.717) is 18.8 Å². The third-order valence-electron chi connectivity index (χ3n) is 3.64. The highest BCUT2D eigenvalue weighted by molar-refractivity contribution is 5.02. The van der Waals surface area contributed by atoms with Crippen LogP contribution >= 0.6 is 0 Å². The predicted octanol–water partition coefficient (Wildman–Crippen LogP) is 0.644. The lowest BCUT2D eigenvalue weighted by molar-refractivity contribution is 0.0450. The molecule has 2 saturated heterocycles. The molecule has 2 aliphatic heterocycles. The molecule has 1 aromatic rings. The molecule has 1 aromatic heterocycles. The van der Waals surface area contributed by atoms with Crippen molar-refractivity contribution >= 4 is 0 Å². The molecular weight excluding hydrogens is 214 g/mol. The first-order chi connectivity index (χ1) is 8.42. The second-order valence-electron chi connectivity index (χ2n) is 4.84. The number of nitrogens with one attached hydrogen (secondary N) is 1. The van der Waals surface area contributed by atoms with Gasteiger partial charge in [-0.3, -0.25) is 9.88 Å². The standard InChI is InChI=1S/C13H19N3O/c1-2-4-15-11(3-1)10-17-13-7-12-8-14-5-6-16(12)9-13/h1-4,12-14H,5-10H2. The summed E-state index contributed by atoms with van der Waals surface area (Å²) in [5, 5.41) is 3.44. The van der Waals surface area contributed by atoms with Crippen LogP contribution in [0.2, 0.25) is 0 Å². The molecule has 2 unspecified atom stereocenters. The van der Waals surface area contributed by atoms with Crippen molar-refractivity contribution in [2.24, 2.45) is 0 Å². The van der Waals surface area contributed by atoms with Crippen molar-refractivity contribution < 1.29 is 4.74 Å². The first-order valence-corrected chi connectivity index (χ1v) is 6.38. The summed E-state index contributed by atoms with van der Waals surface area (Å²) in [7, 11) is 0. The highest BCUT2D eigenvalue weighted by Gasteiger charge is 2.33. The molecular formula is C13H19N3O. The first kappa shape index (κ1) is 11.1. The van der Waals surface area contributed by atoms with Gasteiger partial charge in [0.2, 0.25) is 0 Å². The van der Waals surface area contributed by atoms with Crippen LogP contribution in [0, 0.1) is 0 Å². The Hall–Kier alpha value is -0.970. The van der Waals surface area contributed by atoms with Crippen molar-refractivity contribution in [3.05, 3.63) is 30.1 Å². The summed E-state index contributed by atoms with van der Waals surface area (Å²) in [6.07, 6.45) is 3.35. The number of rotatable bonds is 3. The smallest absolute Gasteiger partial charge is 0.0892 e. The van der Waals surface area contributed by atoms with Gasteiger partial charge < -0.3 is 10.1 Å². The minimum Gasteiger partial charge on any atom is -0.371 e. The van der Waals surface area contributed by atoms with Gasteiger partial charge in [0, 0.05) is 38.4 Å². The maximum absolute atomic E-state index is 5.95. The van der Waals surface area contributed by atoms with Crippen LogP contribution in [0.1, 0.15) is 12.1 Å². The van der Waals surface area contributed by atoms with E-state index < -0.39 is 0 Å². The molecule has 0 radical (unpaired) electrons. The number of piperazine rings is 1. The number of pyridine rings is 1. The molecule has 0 bridgehead atoms. The number of hydrogen-bond acceptors (Lipinski definition) is 4. The fourth-order valence-corrected chi connectivity index (χ4v) is 2.72. The number of hydrogen-bond donors (Lipinski definition) is 1. The van der Waals surface area contributed by atoms with E-state index in [4.69, 9.17) is 4.74 Å². The SMILES string of the molecule is c1ccc(COC2CC3CNCCN3C2)nc1. The van der Waals surface area contributed by atoms with Crippen molar-refractivity contribution in [2.75, 3.05) is 26.2 Å². The van der Waals surface area contributed by atoms with E-state index in [1.807, 2.05) is 24.4 Å². The summed E-state index contributed by atoms with van der Waals surface area (Å²) in [6, 6.07) is 6.64. The second kappa shape index (κ2) is 5.12. The van der Waals surface area contributed by atoms with E-state index in [2.05, 4.69) is 15.2 Å². The van der Waals surface area contributed by atoms with E-state index in [1.165, 1.54) is 0 Å². The predicted molar refractivity (Wildman–Crippen MR) is 65.7 cm³/mol. The average Bonchev–Trinajstić information content (AvgIpc) is 2.80. The summed E-state index contributed by atoms with van der Waals surface area (Å²) in [4.78, 5) is 6.82. The quantitative estimate of drug-likeness (QED) is 0.831. The van der Waals surface area contributed by atoms with E-state index in [1.54, 1.807) is 0 Å². The molecule has 1 N–H and O–H groups in total. The van der Waals surface area contributed by atoms with Crippen LogP contribution in [0.5, 0.6) is 0 Å². The van der Waals surface area contributed by atoms with Crippen molar-refractivity contribution in [3.63, 3.8) is 0 Å². The maximum atomic E-state index is 5.95. The minimum atomic E-state index is 0.377. The summed E-state index contributed by atoms with van der Waals surface area (Å²) in [6.45, 7) is 5.11. The van der Waals surface area contributed by atoms with Crippen LogP contribution < -0.4 is 5.32 Å². The van der Waals surface area contributed by atoms with Gasteiger partial charge in [0.1, 0.15) is 0 Å². The van der Waals surface area contributed by atoms with Crippen LogP contribution in [0.3, 0.4) is 0 Å². The molecule has 4 heteroatoms. The van der Waals surface area contributed by atoms with Gasteiger partial charge in [-0.05, 0) is 18.6 Å². The molecule has 0 saturated carbocycles. The fraction of sp³-hybridized carbons (Fsp3) is 0.615. The summed E-state index contributed by atoms with van der Waals surface area (Å²) >= 11 is 0. The Morgan fingerprint density at radius 3 is 3.29 bits per heavy atom. The Balaban J connectivity index is 1.50. The highest BCUT2D eigenvalue weighted by Crippen LogP contribution is 2.21. The summed E-state index contributed by atoms with van der Waals surface area (Å²) in [5.74, 6) is 0. The van der Waals surface area contributed by atoms with E-state index in [9.17, 15) is 0 Å². The largest absolute Gasteiger partial charge is 0.371 e. The van der Waals surface area contributed by atoms with E-state index in [-0.39, 0.29) is 0 Å². The molecule has 3 heterocycles. The zero-order chi connectivity index (χ0) is 11.5. The highest BCUT2D eigenvalue weighted by atomic mass is 16.5. The van der Waals surface area contributed by atoms with Gasteiger partial charge in [-0.15, -0.1) is 0 Å². The molecule has 0 spiro atoms. The van der Waals surface area contributed by atoms with Gasteiger partial charge in [-0.1, -0.05) is 6.07 Å². The third-order valence-corrected chi connectivity index (χ3v) is 3.64. The molecule has 0 aliphatic carbocycles. The maximum Gasteiger partial charge on any atom is 0.0892 e. The molecule has 0 amide bonds. The fourth-order valence-electron chi connectivity index (χ4n) is 2.72. The first-order valence-electron chi connectivity index (χ1n) is 6.38. The molecule has 2 fully saturated rings. The lowest BCUT2D eigenvalue weighted by atomic mass is 10.2. The Morgan fingerprint density at radius 2 is 2.47 bits per heavy atom. The number of aromatic nitrogens is 1. The Labute approximate surface area is 102 Å². The number of nitrogens with zero attached hydrogens (tertiary/aromatic N) is 2. The van der Waals surface area contributed by atoms with Gasteiger partial charge in [-0.2, -0.15) is 0 Å². The summed E-state index contributed by atoms with van der Waals surface area (Å²) in [5.41, 5.74) is 1.02. The molecule has 3 rings (SSSR count). The van der Waals surface area contributed by atoms with Crippen LogP contribution in [-0.4, -0.2) is 48.2 Å². The van der Waals surface area contributed by atoms with Gasteiger partial charge in [0.05, 0.1) is 18.4 Å². The van der Waals surface area contributed by atoms with Crippen molar-refractivity contribution in [1.82, 2.24) is 15.2 Å². The average molecular weight is 233 g/mol. The Morgan fingerprint density at radius 1 is 1.47 bits per heavy atom. The lowest BCUT2D eigenvalue weighted by Crippen LogP contribution is -2.47. The van der Waals surface area contributed by atoms with Crippen LogP contribution in [-0.2, 0) is 11.3 Å². The van der Waals surface area contributed by atoms with Gasteiger partial charge in [0.25, 0.3) is 0 Å². The van der Waals surface area contributed by atoms with Gasteiger partial charge in [0.15, 0.2) is 0 Å². The molecule has 4 nitrogen and oxygen atoms in total. The monoisotopic (exact) mass is 233 g/mol. The molecule has 2 aliphatic rings. The third kappa shape index (κ3) is 2.65. The van der Waals surface area contributed by atoms with E-state index in [0.717, 1.165) is 38.3 Å². The van der Waals surface area contributed by atoms with Gasteiger partial charge >= 0.3 is 0 Å². The van der Waals surface area contributed by atoms with Crippen LogP contribution in [0.15, 0.2) is 24.4 Å². The zero-order valence-corrected chi connectivity index (χ0v) is 10.0. The van der Waals surface area contributed by atoms with Crippen LogP contribution in [0.4, 0.5) is 0 Å². The zero-order valence-electron chi connectivity index (χ0n) is 10.0. The molecule has 17 heavy (non-hydrogen) atoms. The second-order valence-corrected chi connectivity index (χ2v) is 4.84. The molecule has 2 atom stereocenters. The topological polar surface area (TPSA) is 37.4 Å². The minimum absolute atomic E-state index is 0.377. The van der Waals surface area contributed by atoms with Crippen molar-refractivity contribution in [2.45, 2.75) is 25.2 Å². The van der Waals surface area contributed by atoms with E-state index >= 15 is 0 Å². The normalized spacial score (nSPS) is 29.2. The Bertz CT molecular complexity index is 343.